The van der Waals surface area contributed by atoms with Gasteiger partial charge in [0.25, 0.3) is 0 Å². The van der Waals surface area contributed by atoms with Gasteiger partial charge in [0.05, 0.1) is 6.07 Å². The highest BCUT2D eigenvalue weighted by molar-refractivity contribution is 6.31. The maximum Gasteiger partial charge on any atom is 0.111 e. The van der Waals surface area contributed by atoms with E-state index in [9.17, 15) is 5.26 Å². The molecule has 0 aromatic heterocycles. The van der Waals surface area contributed by atoms with Gasteiger partial charge in [0.2, 0.25) is 0 Å². The fraction of sp³-hybridized carbons (Fsp3) is 0.0952. The van der Waals surface area contributed by atoms with Gasteiger partial charge in [-0.3, -0.25) is 0 Å². The van der Waals surface area contributed by atoms with Crippen LogP contribution in [-0.2, 0) is 11.8 Å². The van der Waals surface area contributed by atoms with Crippen molar-refractivity contribution in [2.24, 2.45) is 0 Å². The summed E-state index contributed by atoms with van der Waals surface area (Å²) in [7, 11) is 0. The monoisotopic (exact) mass is 385 g/mol. The molecular formula is C21H14Cl3N. The first-order chi connectivity index (χ1) is 12.0. The predicted molar refractivity (Wildman–Crippen MR) is 104 cm³/mol. The Morgan fingerprint density at radius 3 is 1.36 bits per heavy atom. The lowest BCUT2D eigenvalue weighted by Crippen LogP contribution is -2.28. The highest BCUT2D eigenvalue weighted by Crippen LogP contribution is 2.36. The van der Waals surface area contributed by atoms with Crippen molar-refractivity contribution in [1.29, 1.82) is 5.26 Å². The molecule has 0 saturated heterocycles. The Morgan fingerprint density at radius 1 is 0.640 bits per heavy atom. The standard InChI is InChI=1S/C21H14Cl3N/c22-18-7-1-15(2-8-18)13-21(14-25,16-3-9-19(23)10-4-16)17-5-11-20(24)12-6-17/h1-12H,13H2. The van der Waals surface area contributed by atoms with E-state index in [2.05, 4.69) is 6.07 Å². The normalized spacial score (nSPS) is 11.1. The molecule has 0 radical (unpaired) electrons. The Kier molecular flexibility index (Phi) is 5.35. The average Bonchev–Trinajstić information content (AvgIpc) is 2.63. The van der Waals surface area contributed by atoms with Gasteiger partial charge in [-0.15, -0.1) is 0 Å². The SMILES string of the molecule is N#CC(Cc1ccc(Cl)cc1)(c1ccc(Cl)cc1)c1ccc(Cl)cc1. The molecule has 124 valence electrons. The fourth-order valence-electron chi connectivity index (χ4n) is 2.92. The highest BCUT2D eigenvalue weighted by Gasteiger charge is 2.35. The number of nitriles is 1. The maximum atomic E-state index is 10.2. The topological polar surface area (TPSA) is 23.8 Å². The summed E-state index contributed by atoms with van der Waals surface area (Å²) in [6.07, 6.45) is 0.518. The van der Waals surface area contributed by atoms with Crippen LogP contribution in [0.25, 0.3) is 0 Å². The Balaban J connectivity index is 2.15. The van der Waals surface area contributed by atoms with Crippen LogP contribution in [0.2, 0.25) is 15.1 Å². The predicted octanol–water partition coefficient (Wildman–Crippen LogP) is 6.70. The van der Waals surface area contributed by atoms with Crippen LogP contribution in [-0.4, -0.2) is 0 Å². The van der Waals surface area contributed by atoms with Crippen LogP contribution < -0.4 is 0 Å². The van der Waals surface area contributed by atoms with E-state index in [1.807, 2.05) is 48.5 Å². The Labute approximate surface area is 162 Å². The first-order valence-electron chi connectivity index (χ1n) is 7.71. The molecule has 25 heavy (non-hydrogen) atoms. The van der Waals surface area contributed by atoms with Crippen molar-refractivity contribution in [3.63, 3.8) is 0 Å². The van der Waals surface area contributed by atoms with Crippen molar-refractivity contribution < 1.29 is 0 Å². The largest absolute Gasteiger partial charge is 0.197 e. The van der Waals surface area contributed by atoms with Crippen LogP contribution in [0.1, 0.15) is 16.7 Å². The average molecular weight is 387 g/mol. The molecule has 3 aromatic rings. The van der Waals surface area contributed by atoms with E-state index in [4.69, 9.17) is 34.8 Å². The second-order valence-electron chi connectivity index (χ2n) is 5.83. The zero-order chi connectivity index (χ0) is 17.9. The summed E-state index contributed by atoms with van der Waals surface area (Å²) >= 11 is 18.1. The van der Waals surface area contributed by atoms with Crippen LogP contribution in [0, 0.1) is 11.3 Å². The minimum Gasteiger partial charge on any atom is -0.197 e. The van der Waals surface area contributed by atoms with E-state index in [1.165, 1.54) is 0 Å². The van der Waals surface area contributed by atoms with Crippen LogP contribution in [0.15, 0.2) is 72.8 Å². The molecule has 0 aliphatic heterocycles. The Morgan fingerprint density at radius 2 is 1.00 bits per heavy atom. The molecule has 4 heteroatoms. The van der Waals surface area contributed by atoms with E-state index in [1.54, 1.807) is 24.3 Å². The molecule has 3 rings (SSSR count). The van der Waals surface area contributed by atoms with Gasteiger partial charge in [0, 0.05) is 15.1 Å². The summed E-state index contributed by atoms with van der Waals surface area (Å²) in [6.45, 7) is 0. The van der Waals surface area contributed by atoms with Crippen molar-refractivity contribution >= 4 is 34.8 Å². The molecule has 0 bridgehead atoms. The Hall–Kier alpha value is -1.98. The van der Waals surface area contributed by atoms with Gasteiger partial charge < -0.3 is 0 Å². The first-order valence-corrected chi connectivity index (χ1v) is 8.85. The smallest absolute Gasteiger partial charge is 0.111 e. The number of benzene rings is 3. The molecule has 0 spiro atoms. The molecule has 0 amide bonds. The van der Waals surface area contributed by atoms with Crippen LogP contribution >= 0.6 is 34.8 Å². The zero-order valence-corrected chi connectivity index (χ0v) is 15.5. The van der Waals surface area contributed by atoms with Gasteiger partial charge in [0.1, 0.15) is 5.41 Å². The molecule has 0 unspecified atom stereocenters. The third kappa shape index (κ3) is 3.83. The number of halogens is 3. The van der Waals surface area contributed by atoms with E-state index >= 15 is 0 Å². The number of hydrogen-bond donors (Lipinski definition) is 0. The van der Waals surface area contributed by atoms with Crippen molar-refractivity contribution in [2.75, 3.05) is 0 Å². The van der Waals surface area contributed by atoms with E-state index < -0.39 is 5.41 Å². The lowest BCUT2D eigenvalue weighted by Gasteiger charge is -2.28. The van der Waals surface area contributed by atoms with Gasteiger partial charge in [-0.25, -0.2) is 0 Å². The molecule has 0 fully saturated rings. The third-order valence-corrected chi connectivity index (χ3v) is 5.00. The molecule has 0 saturated carbocycles. The molecule has 0 atom stereocenters. The first kappa shape index (κ1) is 17.8. The van der Waals surface area contributed by atoms with Crippen molar-refractivity contribution in [3.8, 4) is 6.07 Å². The number of hydrogen-bond acceptors (Lipinski definition) is 1. The van der Waals surface area contributed by atoms with E-state index in [0.29, 0.717) is 21.5 Å². The van der Waals surface area contributed by atoms with Crippen LogP contribution in [0.4, 0.5) is 0 Å². The van der Waals surface area contributed by atoms with Gasteiger partial charge in [0.15, 0.2) is 0 Å². The second-order valence-corrected chi connectivity index (χ2v) is 7.14. The number of rotatable bonds is 4. The van der Waals surface area contributed by atoms with Crippen LogP contribution in [0.3, 0.4) is 0 Å². The molecule has 0 aliphatic rings. The van der Waals surface area contributed by atoms with E-state index in [0.717, 1.165) is 16.7 Å². The lowest BCUT2D eigenvalue weighted by atomic mass is 9.71. The summed E-state index contributed by atoms with van der Waals surface area (Å²) in [5.74, 6) is 0. The van der Waals surface area contributed by atoms with Crippen molar-refractivity contribution in [2.45, 2.75) is 11.8 Å². The summed E-state index contributed by atoms with van der Waals surface area (Å²) in [6, 6.07) is 24.9. The zero-order valence-electron chi connectivity index (χ0n) is 13.2. The lowest BCUT2D eigenvalue weighted by molar-refractivity contribution is 0.653. The van der Waals surface area contributed by atoms with Gasteiger partial charge in [-0.1, -0.05) is 71.2 Å². The maximum absolute atomic E-state index is 10.2. The minimum atomic E-state index is -0.844. The van der Waals surface area contributed by atoms with Crippen molar-refractivity contribution in [3.05, 3.63) is 105 Å². The molecule has 0 N–H and O–H groups in total. The summed E-state index contributed by atoms with van der Waals surface area (Å²) in [4.78, 5) is 0. The second kappa shape index (κ2) is 7.50. The Bertz CT molecular complexity index is 846. The quantitative estimate of drug-likeness (QED) is 0.489. The summed E-state index contributed by atoms with van der Waals surface area (Å²) in [5.41, 5.74) is 1.95. The van der Waals surface area contributed by atoms with Crippen LogP contribution in [0.5, 0.6) is 0 Å². The van der Waals surface area contributed by atoms with Gasteiger partial charge in [-0.2, -0.15) is 5.26 Å². The minimum absolute atomic E-state index is 0.518. The molecule has 0 aliphatic carbocycles. The molecule has 0 heterocycles. The van der Waals surface area contributed by atoms with Crippen molar-refractivity contribution in [1.82, 2.24) is 0 Å². The number of nitrogens with zero attached hydrogens (tertiary/aromatic N) is 1. The van der Waals surface area contributed by atoms with E-state index in [-0.39, 0.29) is 0 Å². The van der Waals surface area contributed by atoms with Gasteiger partial charge >= 0.3 is 0 Å². The highest BCUT2D eigenvalue weighted by atomic mass is 35.5. The van der Waals surface area contributed by atoms with Gasteiger partial charge in [-0.05, 0) is 59.5 Å². The fourth-order valence-corrected chi connectivity index (χ4v) is 3.29. The molecule has 1 nitrogen and oxygen atoms in total. The third-order valence-electron chi connectivity index (χ3n) is 4.25. The molecular weight excluding hydrogens is 373 g/mol. The summed E-state index contributed by atoms with van der Waals surface area (Å²) in [5, 5.41) is 12.1. The summed E-state index contributed by atoms with van der Waals surface area (Å²) < 4.78 is 0. The molecule has 3 aromatic carbocycles.